The fraction of sp³-hybridized carbons (Fsp3) is 0.500. The normalized spacial score (nSPS) is 12.1. The van der Waals surface area contributed by atoms with Crippen LogP contribution in [0.4, 0.5) is 0 Å². The molecule has 0 aliphatic carbocycles. The largest absolute Gasteiger partial charge is 0.496 e. The summed E-state index contributed by atoms with van der Waals surface area (Å²) in [5.41, 5.74) is 0.561. The molecule has 0 fully saturated rings. The van der Waals surface area contributed by atoms with Gasteiger partial charge in [0.05, 0.1) is 19.5 Å². The van der Waals surface area contributed by atoms with Crippen LogP contribution in [-0.4, -0.2) is 31.7 Å². The van der Waals surface area contributed by atoms with E-state index in [1.807, 2.05) is 38.1 Å². The molecule has 1 unspecified atom stereocenters. The number of benzene rings is 1. The van der Waals surface area contributed by atoms with Crippen molar-refractivity contribution in [3.63, 3.8) is 0 Å². The summed E-state index contributed by atoms with van der Waals surface area (Å²) in [5, 5.41) is 2.88. The molecule has 2 heterocycles. The molecule has 0 saturated heterocycles. The lowest BCUT2D eigenvalue weighted by atomic mass is 10.1. The van der Waals surface area contributed by atoms with Crippen LogP contribution in [0.3, 0.4) is 0 Å². The molecule has 33 heavy (non-hydrogen) atoms. The minimum Gasteiger partial charge on any atom is -0.496 e. The molecule has 178 valence electrons. The minimum atomic E-state index is -0.512. The molecule has 0 saturated carbocycles. The van der Waals surface area contributed by atoms with E-state index in [2.05, 4.69) is 17.2 Å². The highest BCUT2D eigenvalue weighted by molar-refractivity contribution is 5.77. The SMILES string of the molecule is CCCCn1cnc2c1c(=O)n(CC(=O)NC(C)c1ccccc1OC)c(=O)n2CCCC. The second-order valence-electron chi connectivity index (χ2n) is 8.17. The highest BCUT2D eigenvalue weighted by atomic mass is 16.5. The minimum absolute atomic E-state index is 0.356. The van der Waals surface area contributed by atoms with Gasteiger partial charge in [0.25, 0.3) is 5.56 Å². The number of nitrogens with one attached hydrogen (secondary N) is 1. The molecule has 1 aromatic carbocycles. The number of imidazole rings is 1. The van der Waals surface area contributed by atoms with E-state index in [0.717, 1.165) is 35.8 Å². The molecule has 0 aliphatic heterocycles. The van der Waals surface area contributed by atoms with Gasteiger partial charge in [0, 0.05) is 18.7 Å². The maximum absolute atomic E-state index is 13.3. The van der Waals surface area contributed by atoms with Gasteiger partial charge in [-0.1, -0.05) is 44.9 Å². The fourth-order valence-electron chi connectivity index (χ4n) is 3.93. The van der Waals surface area contributed by atoms with Crippen LogP contribution in [-0.2, 0) is 24.4 Å². The van der Waals surface area contributed by atoms with Crippen molar-refractivity contribution in [3.05, 3.63) is 57.0 Å². The lowest BCUT2D eigenvalue weighted by Gasteiger charge is -2.18. The van der Waals surface area contributed by atoms with Gasteiger partial charge >= 0.3 is 5.69 Å². The third-order valence-electron chi connectivity index (χ3n) is 5.76. The van der Waals surface area contributed by atoms with Crippen LogP contribution in [0.1, 0.15) is 58.1 Å². The zero-order valence-corrected chi connectivity index (χ0v) is 19.8. The lowest BCUT2D eigenvalue weighted by Crippen LogP contribution is -2.44. The Labute approximate surface area is 193 Å². The van der Waals surface area contributed by atoms with E-state index < -0.39 is 17.2 Å². The number of hydrogen-bond acceptors (Lipinski definition) is 5. The Kier molecular flexibility index (Phi) is 8.08. The Morgan fingerprint density at radius 1 is 1.09 bits per heavy atom. The van der Waals surface area contributed by atoms with E-state index in [1.54, 1.807) is 18.0 Å². The Morgan fingerprint density at radius 3 is 2.48 bits per heavy atom. The molecule has 1 atom stereocenters. The molecule has 0 aliphatic rings. The van der Waals surface area contributed by atoms with Crippen LogP contribution in [0.15, 0.2) is 40.2 Å². The number of ether oxygens (including phenoxy) is 1. The van der Waals surface area contributed by atoms with Crippen LogP contribution in [0.2, 0.25) is 0 Å². The number of methoxy groups -OCH3 is 1. The number of carbonyl (C=O) groups is 1. The van der Waals surface area contributed by atoms with E-state index in [9.17, 15) is 14.4 Å². The number of fused-ring (bicyclic) bond motifs is 1. The van der Waals surface area contributed by atoms with Gasteiger partial charge in [-0.25, -0.2) is 14.3 Å². The van der Waals surface area contributed by atoms with Crippen LogP contribution in [0, 0.1) is 0 Å². The molecule has 9 nitrogen and oxygen atoms in total. The zero-order chi connectivity index (χ0) is 24.0. The fourth-order valence-corrected chi connectivity index (χ4v) is 3.93. The summed E-state index contributed by atoms with van der Waals surface area (Å²) in [5.74, 6) is 0.235. The molecule has 1 amide bonds. The van der Waals surface area contributed by atoms with Crippen molar-refractivity contribution in [2.45, 2.75) is 72.1 Å². The predicted molar refractivity (Wildman–Crippen MR) is 128 cm³/mol. The first-order valence-electron chi connectivity index (χ1n) is 11.5. The Hall–Kier alpha value is -3.36. The first kappa shape index (κ1) is 24.3. The number of carbonyl (C=O) groups excluding carboxylic acids is 1. The summed E-state index contributed by atoms with van der Waals surface area (Å²) in [6.45, 7) is 6.65. The monoisotopic (exact) mass is 455 g/mol. The molecular formula is C24H33N5O4. The van der Waals surface area contributed by atoms with Crippen molar-refractivity contribution in [2.24, 2.45) is 0 Å². The Balaban J connectivity index is 1.96. The molecule has 0 radical (unpaired) electrons. The highest BCUT2D eigenvalue weighted by Crippen LogP contribution is 2.24. The second kappa shape index (κ2) is 11.0. The number of hydrogen-bond donors (Lipinski definition) is 1. The van der Waals surface area contributed by atoms with Crippen molar-refractivity contribution in [2.75, 3.05) is 7.11 Å². The average Bonchev–Trinajstić information content (AvgIpc) is 3.24. The van der Waals surface area contributed by atoms with Gasteiger partial charge in [0.2, 0.25) is 5.91 Å². The smallest absolute Gasteiger partial charge is 0.333 e. The number of unbranched alkanes of at least 4 members (excludes halogenated alkanes) is 2. The summed E-state index contributed by atoms with van der Waals surface area (Å²) in [6, 6.07) is 7.05. The van der Waals surface area contributed by atoms with Crippen LogP contribution >= 0.6 is 0 Å². The molecular weight excluding hydrogens is 422 g/mol. The first-order chi connectivity index (χ1) is 15.9. The van der Waals surface area contributed by atoms with E-state index in [0.29, 0.717) is 30.0 Å². The molecule has 1 N–H and O–H groups in total. The summed E-state index contributed by atoms with van der Waals surface area (Å²) in [4.78, 5) is 43.7. The van der Waals surface area contributed by atoms with E-state index in [1.165, 1.54) is 4.57 Å². The standard InChI is InChI=1S/C24H33N5O4/c1-5-7-13-27-16-25-22-21(27)23(31)29(24(32)28(22)14-8-6-2)15-20(30)26-17(3)18-11-9-10-12-19(18)33-4/h9-12,16-17H,5-8,13-15H2,1-4H3,(H,26,30). The van der Waals surface area contributed by atoms with E-state index in [4.69, 9.17) is 4.74 Å². The second-order valence-corrected chi connectivity index (χ2v) is 8.17. The van der Waals surface area contributed by atoms with Crippen molar-refractivity contribution in [1.29, 1.82) is 0 Å². The van der Waals surface area contributed by atoms with E-state index in [-0.39, 0.29) is 12.6 Å². The average molecular weight is 456 g/mol. The van der Waals surface area contributed by atoms with Crippen LogP contribution in [0.25, 0.3) is 11.2 Å². The van der Waals surface area contributed by atoms with Crippen molar-refractivity contribution >= 4 is 17.1 Å². The third kappa shape index (κ3) is 5.18. The number of amides is 1. The van der Waals surface area contributed by atoms with Gasteiger partial charge in [-0.3, -0.25) is 14.2 Å². The van der Waals surface area contributed by atoms with Gasteiger partial charge < -0.3 is 14.6 Å². The summed E-state index contributed by atoms with van der Waals surface area (Å²) < 4.78 is 9.69. The van der Waals surface area contributed by atoms with Gasteiger partial charge in [0.15, 0.2) is 11.2 Å². The highest BCUT2D eigenvalue weighted by Gasteiger charge is 2.21. The lowest BCUT2D eigenvalue weighted by molar-refractivity contribution is -0.122. The Morgan fingerprint density at radius 2 is 1.79 bits per heavy atom. The summed E-state index contributed by atoms with van der Waals surface area (Å²) >= 11 is 0. The predicted octanol–water partition coefficient (Wildman–Crippen LogP) is 2.85. The third-order valence-corrected chi connectivity index (χ3v) is 5.76. The van der Waals surface area contributed by atoms with Crippen LogP contribution in [0.5, 0.6) is 5.75 Å². The Bertz CT molecular complexity index is 1220. The van der Waals surface area contributed by atoms with Crippen molar-refractivity contribution in [1.82, 2.24) is 24.0 Å². The number of aryl methyl sites for hydroxylation is 2. The maximum atomic E-state index is 13.3. The first-order valence-corrected chi connectivity index (χ1v) is 11.5. The molecule has 3 aromatic rings. The van der Waals surface area contributed by atoms with Crippen molar-refractivity contribution in [3.8, 4) is 5.75 Å². The van der Waals surface area contributed by atoms with Gasteiger partial charge in [0.1, 0.15) is 12.3 Å². The number of nitrogens with zero attached hydrogens (tertiary/aromatic N) is 4. The molecule has 3 rings (SSSR count). The summed E-state index contributed by atoms with van der Waals surface area (Å²) in [7, 11) is 1.57. The number of aromatic nitrogens is 4. The molecule has 0 bridgehead atoms. The zero-order valence-electron chi connectivity index (χ0n) is 19.8. The molecule has 9 heteroatoms. The summed E-state index contributed by atoms with van der Waals surface area (Å²) in [6.07, 6.45) is 5.12. The van der Waals surface area contributed by atoms with E-state index >= 15 is 0 Å². The number of para-hydroxylation sites is 1. The molecule has 2 aromatic heterocycles. The maximum Gasteiger partial charge on any atom is 0.333 e. The number of rotatable bonds is 11. The quantitative estimate of drug-likeness (QED) is 0.479. The van der Waals surface area contributed by atoms with Gasteiger partial charge in [-0.2, -0.15) is 0 Å². The van der Waals surface area contributed by atoms with Crippen molar-refractivity contribution < 1.29 is 9.53 Å². The van der Waals surface area contributed by atoms with Gasteiger partial charge in [-0.05, 0) is 25.8 Å². The molecule has 0 spiro atoms. The van der Waals surface area contributed by atoms with Gasteiger partial charge in [-0.15, -0.1) is 0 Å². The topological polar surface area (TPSA) is 100 Å². The van der Waals surface area contributed by atoms with Crippen LogP contribution < -0.4 is 21.3 Å².